The lowest BCUT2D eigenvalue weighted by atomic mass is 10.0. The van der Waals surface area contributed by atoms with Gasteiger partial charge in [-0.2, -0.15) is 0 Å². The maximum Gasteiger partial charge on any atom is 0.169 e. The maximum absolute atomic E-state index is 5.44. The highest BCUT2D eigenvalue weighted by atomic mass is 79.9. The minimum absolute atomic E-state index is 0.840. The number of hydrogen-bond acceptors (Lipinski definition) is 2. The molecule has 0 bridgehead atoms. The maximum atomic E-state index is 5.44. The van der Waals surface area contributed by atoms with Crippen molar-refractivity contribution in [2.24, 2.45) is 5.92 Å². The van der Waals surface area contributed by atoms with Gasteiger partial charge in [0.25, 0.3) is 0 Å². The number of nitrogens with one attached hydrogen (secondary N) is 1. The Morgan fingerprint density at radius 3 is 3.08 bits per heavy atom. The molecule has 1 aliphatic rings. The molecule has 1 saturated heterocycles. The standard InChI is InChI=1S/C10H14BrNO/c11-10-4-3-9(13-10)2-1-8-5-6-12-7-8/h3-4,8,12H,1-2,5-7H2. The molecule has 3 heteroatoms. The molecule has 13 heavy (non-hydrogen) atoms. The van der Waals surface area contributed by atoms with E-state index in [1.54, 1.807) is 0 Å². The van der Waals surface area contributed by atoms with Crippen LogP contribution in [0.25, 0.3) is 0 Å². The predicted octanol–water partition coefficient (Wildman–Crippen LogP) is 2.58. The molecule has 1 aromatic heterocycles. The third kappa shape index (κ3) is 2.58. The van der Waals surface area contributed by atoms with Crippen molar-refractivity contribution in [1.82, 2.24) is 5.32 Å². The highest BCUT2D eigenvalue weighted by Gasteiger charge is 2.14. The summed E-state index contributed by atoms with van der Waals surface area (Å²) in [6, 6.07) is 4.01. The van der Waals surface area contributed by atoms with Crippen molar-refractivity contribution in [3.8, 4) is 0 Å². The molecular weight excluding hydrogens is 230 g/mol. The number of rotatable bonds is 3. The summed E-state index contributed by atoms with van der Waals surface area (Å²) in [7, 11) is 0. The molecule has 1 N–H and O–H groups in total. The summed E-state index contributed by atoms with van der Waals surface area (Å²) in [5, 5.41) is 3.37. The minimum Gasteiger partial charge on any atom is -0.454 e. The van der Waals surface area contributed by atoms with E-state index < -0.39 is 0 Å². The van der Waals surface area contributed by atoms with Gasteiger partial charge >= 0.3 is 0 Å². The zero-order valence-electron chi connectivity index (χ0n) is 7.55. The molecule has 2 rings (SSSR count). The van der Waals surface area contributed by atoms with Gasteiger partial charge in [-0.1, -0.05) is 0 Å². The van der Waals surface area contributed by atoms with E-state index in [9.17, 15) is 0 Å². The first-order valence-corrected chi connectivity index (χ1v) is 5.59. The Morgan fingerprint density at radius 2 is 2.46 bits per heavy atom. The van der Waals surface area contributed by atoms with Crippen LogP contribution < -0.4 is 5.32 Å². The van der Waals surface area contributed by atoms with Crippen LogP contribution in [-0.2, 0) is 6.42 Å². The molecule has 0 radical (unpaired) electrons. The molecule has 0 saturated carbocycles. The van der Waals surface area contributed by atoms with Gasteiger partial charge in [-0.25, -0.2) is 0 Å². The molecule has 1 unspecified atom stereocenters. The van der Waals surface area contributed by atoms with Gasteiger partial charge in [0.05, 0.1) is 0 Å². The average Bonchev–Trinajstić information content (AvgIpc) is 2.71. The third-order valence-corrected chi connectivity index (χ3v) is 3.02. The highest BCUT2D eigenvalue weighted by molar-refractivity contribution is 9.10. The van der Waals surface area contributed by atoms with E-state index in [1.807, 2.05) is 12.1 Å². The van der Waals surface area contributed by atoms with E-state index in [0.29, 0.717) is 0 Å². The Balaban J connectivity index is 1.78. The molecule has 0 amide bonds. The lowest BCUT2D eigenvalue weighted by molar-refractivity contribution is 0.448. The molecule has 0 aromatic carbocycles. The summed E-state index contributed by atoms with van der Waals surface area (Å²) < 4.78 is 6.28. The van der Waals surface area contributed by atoms with Crippen molar-refractivity contribution in [1.29, 1.82) is 0 Å². The molecule has 2 heterocycles. The second kappa shape index (κ2) is 4.29. The van der Waals surface area contributed by atoms with Crippen molar-refractivity contribution >= 4 is 15.9 Å². The minimum atomic E-state index is 0.840. The van der Waals surface area contributed by atoms with E-state index in [2.05, 4.69) is 21.2 Å². The molecule has 2 nitrogen and oxygen atoms in total. The molecule has 1 aromatic rings. The zero-order valence-corrected chi connectivity index (χ0v) is 9.14. The Morgan fingerprint density at radius 1 is 1.54 bits per heavy atom. The van der Waals surface area contributed by atoms with Gasteiger partial charge in [-0.15, -0.1) is 0 Å². The molecule has 1 fully saturated rings. The van der Waals surface area contributed by atoms with Gasteiger partial charge in [0.1, 0.15) is 5.76 Å². The molecule has 0 aliphatic carbocycles. The quantitative estimate of drug-likeness (QED) is 0.884. The van der Waals surface area contributed by atoms with E-state index in [-0.39, 0.29) is 0 Å². The van der Waals surface area contributed by atoms with Crippen molar-refractivity contribution in [3.63, 3.8) is 0 Å². The number of aryl methyl sites for hydroxylation is 1. The number of furan rings is 1. The molecule has 0 spiro atoms. The first kappa shape index (κ1) is 9.28. The first-order chi connectivity index (χ1) is 6.34. The van der Waals surface area contributed by atoms with Crippen molar-refractivity contribution in [3.05, 3.63) is 22.6 Å². The van der Waals surface area contributed by atoms with Crippen LogP contribution in [-0.4, -0.2) is 13.1 Å². The van der Waals surface area contributed by atoms with Crippen LogP contribution in [0.1, 0.15) is 18.6 Å². The van der Waals surface area contributed by atoms with Crippen LogP contribution in [0.15, 0.2) is 21.2 Å². The first-order valence-electron chi connectivity index (χ1n) is 4.79. The normalized spacial score (nSPS) is 22.4. The van der Waals surface area contributed by atoms with Crippen LogP contribution in [0.4, 0.5) is 0 Å². The van der Waals surface area contributed by atoms with E-state index >= 15 is 0 Å². The molecule has 1 atom stereocenters. The second-order valence-corrected chi connectivity index (χ2v) is 4.38. The molecular formula is C10H14BrNO. The zero-order chi connectivity index (χ0) is 9.10. The Kier molecular flexibility index (Phi) is 3.06. The van der Waals surface area contributed by atoms with Crippen molar-refractivity contribution in [2.45, 2.75) is 19.3 Å². The lowest BCUT2D eigenvalue weighted by Crippen LogP contribution is -2.09. The van der Waals surface area contributed by atoms with Gasteiger partial charge in [-0.05, 0) is 59.9 Å². The average molecular weight is 244 g/mol. The Hall–Kier alpha value is -0.280. The van der Waals surface area contributed by atoms with Gasteiger partial charge in [-0.3, -0.25) is 0 Å². The largest absolute Gasteiger partial charge is 0.454 e. The van der Waals surface area contributed by atoms with Gasteiger partial charge in [0.2, 0.25) is 0 Å². The van der Waals surface area contributed by atoms with E-state index in [1.165, 1.54) is 25.9 Å². The summed E-state index contributed by atoms with van der Waals surface area (Å²) in [6.45, 7) is 2.37. The predicted molar refractivity (Wildman–Crippen MR) is 55.7 cm³/mol. The summed E-state index contributed by atoms with van der Waals surface area (Å²) >= 11 is 3.31. The summed E-state index contributed by atoms with van der Waals surface area (Å²) in [5.41, 5.74) is 0. The SMILES string of the molecule is Brc1ccc(CCC2CCNC2)o1. The Labute approximate surface area is 86.8 Å². The van der Waals surface area contributed by atoms with Crippen LogP contribution in [0.5, 0.6) is 0 Å². The van der Waals surface area contributed by atoms with Crippen LogP contribution in [0.2, 0.25) is 0 Å². The Bertz CT molecular complexity index is 266. The van der Waals surface area contributed by atoms with E-state index in [0.717, 1.165) is 22.8 Å². The highest BCUT2D eigenvalue weighted by Crippen LogP contribution is 2.19. The summed E-state index contributed by atoms with van der Waals surface area (Å²) in [5.74, 6) is 1.95. The molecule has 72 valence electrons. The van der Waals surface area contributed by atoms with Gasteiger partial charge < -0.3 is 9.73 Å². The third-order valence-electron chi connectivity index (χ3n) is 2.59. The molecule has 1 aliphatic heterocycles. The number of hydrogen-bond donors (Lipinski definition) is 1. The van der Waals surface area contributed by atoms with Crippen LogP contribution in [0.3, 0.4) is 0 Å². The monoisotopic (exact) mass is 243 g/mol. The number of halogens is 1. The van der Waals surface area contributed by atoms with Crippen molar-refractivity contribution in [2.75, 3.05) is 13.1 Å². The van der Waals surface area contributed by atoms with Crippen LogP contribution in [0, 0.1) is 5.92 Å². The second-order valence-electron chi connectivity index (χ2n) is 3.60. The fraction of sp³-hybridized carbons (Fsp3) is 0.600. The van der Waals surface area contributed by atoms with Gasteiger partial charge in [0, 0.05) is 6.42 Å². The van der Waals surface area contributed by atoms with Gasteiger partial charge in [0.15, 0.2) is 4.67 Å². The lowest BCUT2D eigenvalue weighted by Gasteiger charge is -2.05. The smallest absolute Gasteiger partial charge is 0.169 e. The fourth-order valence-electron chi connectivity index (χ4n) is 1.79. The topological polar surface area (TPSA) is 25.2 Å². The summed E-state index contributed by atoms with van der Waals surface area (Å²) in [4.78, 5) is 0. The van der Waals surface area contributed by atoms with Crippen molar-refractivity contribution < 1.29 is 4.42 Å². The van der Waals surface area contributed by atoms with E-state index in [4.69, 9.17) is 4.42 Å². The summed E-state index contributed by atoms with van der Waals surface area (Å²) in [6.07, 6.45) is 3.63. The van der Waals surface area contributed by atoms with Crippen LogP contribution >= 0.6 is 15.9 Å². The fourth-order valence-corrected chi connectivity index (χ4v) is 2.13.